The van der Waals surface area contributed by atoms with Crippen LogP contribution in [0.1, 0.15) is 18.9 Å². The number of rotatable bonds is 5. The van der Waals surface area contributed by atoms with Crippen LogP contribution in [-0.4, -0.2) is 20.8 Å². The zero-order chi connectivity index (χ0) is 13.8. The molecule has 19 heavy (non-hydrogen) atoms. The van der Waals surface area contributed by atoms with Crippen molar-refractivity contribution in [3.05, 3.63) is 34.6 Å². The van der Waals surface area contributed by atoms with Gasteiger partial charge in [0.05, 0.1) is 0 Å². The van der Waals surface area contributed by atoms with Gasteiger partial charge in [0.2, 0.25) is 0 Å². The van der Waals surface area contributed by atoms with Crippen molar-refractivity contribution in [3.8, 4) is 0 Å². The van der Waals surface area contributed by atoms with Gasteiger partial charge in [-0.05, 0) is 48.4 Å². The van der Waals surface area contributed by atoms with E-state index in [9.17, 15) is 0 Å². The van der Waals surface area contributed by atoms with Crippen LogP contribution < -0.4 is 5.73 Å². The minimum Gasteiger partial charge on any atom is -0.327 e. The Kier molecular flexibility index (Phi) is 5.01. The molecular weight excluding hydrogens is 324 g/mol. The fourth-order valence-electron chi connectivity index (χ4n) is 1.71. The van der Waals surface area contributed by atoms with E-state index in [1.165, 1.54) is 10.5 Å². The van der Waals surface area contributed by atoms with Gasteiger partial charge in [-0.15, -0.1) is 0 Å². The minimum atomic E-state index is 0.188. The van der Waals surface area contributed by atoms with E-state index in [1.807, 2.05) is 13.1 Å². The summed E-state index contributed by atoms with van der Waals surface area (Å²) in [5.41, 5.74) is 7.32. The van der Waals surface area contributed by atoms with E-state index < -0.39 is 0 Å². The molecule has 2 N–H and O–H groups in total. The minimum absolute atomic E-state index is 0.188. The highest BCUT2D eigenvalue weighted by atomic mass is 79.9. The van der Waals surface area contributed by atoms with Gasteiger partial charge in [-0.2, -0.15) is 5.10 Å². The van der Waals surface area contributed by atoms with E-state index in [2.05, 4.69) is 45.1 Å². The maximum absolute atomic E-state index is 6.07. The number of aromatic nitrogens is 3. The Balaban J connectivity index is 2.26. The molecule has 1 heterocycles. The normalized spacial score (nSPS) is 12.6. The van der Waals surface area contributed by atoms with E-state index in [0.29, 0.717) is 0 Å². The van der Waals surface area contributed by atoms with Crippen molar-refractivity contribution in [2.75, 3.05) is 0 Å². The van der Waals surface area contributed by atoms with Gasteiger partial charge in [-0.25, -0.2) is 9.67 Å². The van der Waals surface area contributed by atoms with Crippen LogP contribution in [0, 0.1) is 0 Å². The molecule has 0 aliphatic heterocycles. The molecule has 0 aliphatic rings. The highest BCUT2D eigenvalue weighted by Crippen LogP contribution is 2.31. The molecular formula is C13H17BrN4S. The van der Waals surface area contributed by atoms with Gasteiger partial charge < -0.3 is 5.73 Å². The van der Waals surface area contributed by atoms with Gasteiger partial charge in [-0.3, -0.25) is 0 Å². The summed E-state index contributed by atoms with van der Waals surface area (Å²) in [6.45, 7) is 2.11. The standard InChI is InChI=1S/C13H17BrN4S/c1-3-11(15)7-9-6-10(14)4-5-12(9)19-13-16-8-17-18(13)2/h4-6,8,11H,3,7,15H2,1-2H3. The predicted molar refractivity (Wildman–Crippen MR) is 81.2 cm³/mol. The van der Waals surface area contributed by atoms with E-state index in [-0.39, 0.29) is 6.04 Å². The second-order valence-corrected chi connectivity index (χ2v) is 6.32. The molecule has 6 heteroatoms. The molecule has 0 bridgehead atoms. The maximum Gasteiger partial charge on any atom is 0.190 e. The zero-order valence-corrected chi connectivity index (χ0v) is 13.4. The Bertz CT molecular complexity index is 555. The van der Waals surface area contributed by atoms with E-state index in [4.69, 9.17) is 5.73 Å². The average molecular weight is 341 g/mol. The topological polar surface area (TPSA) is 56.7 Å². The summed E-state index contributed by atoms with van der Waals surface area (Å²) in [6, 6.07) is 6.46. The second-order valence-electron chi connectivity index (χ2n) is 4.39. The van der Waals surface area contributed by atoms with Crippen LogP contribution in [0.4, 0.5) is 0 Å². The highest BCUT2D eigenvalue weighted by Gasteiger charge is 2.11. The smallest absolute Gasteiger partial charge is 0.190 e. The number of hydrogen-bond acceptors (Lipinski definition) is 4. The van der Waals surface area contributed by atoms with Crippen LogP contribution in [0.2, 0.25) is 0 Å². The van der Waals surface area contributed by atoms with Crippen molar-refractivity contribution >= 4 is 27.7 Å². The highest BCUT2D eigenvalue weighted by molar-refractivity contribution is 9.10. The Morgan fingerprint density at radius 2 is 2.26 bits per heavy atom. The summed E-state index contributed by atoms with van der Waals surface area (Å²) in [6.07, 6.45) is 3.41. The van der Waals surface area contributed by atoms with Gasteiger partial charge >= 0.3 is 0 Å². The van der Waals surface area contributed by atoms with E-state index >= 15 is 0 Å². The van der Waals surface area contributed by atoms with Crippen molar-refractivity contribution in [1.29, 1.82) is 0 Å². The largest absolute Gasteiger partial charge is 0.327 e. The van der Waals surface area contributed by atoms with Crippen molar-refractivity contribution in [1.82, 2.24) is 14.8 Å². The zero-order valence-electron chi connectivity index (χ0n) is 11.0. The first kappa shape index (κ1) is 14.6. The van der Waals surface area contributed by atoms with Crippen LogP contribution >= 0.6 is 27.7 Å². The van der Waals surface area contributed by atoms with Crippen molar-refractivity contribution in [2.24, 2.45) is 12.8 Å². The first-order chi connectivity index (χ1) is 9.10. The fourth-order valence-corrected chi connectivity index (χ4v) is 3.00. The number of halogens is 1. The lowest BCUT2D eigenvalue weighted by molar-refractivity contribution is 0.640. The monoisotopic (exact) mass is 340 g/mol. The third kappa shape index (κ3) is 3.81. The van der Waals surface area contributed by atoms with Crippen LogP contribution in [0.3, 0.4) is 0 Å². The summed E-state index contributed by atoms with van der Waals surface area (Å²) in [4.78, 5) is 5.43. The third-order valence-electron chi connectivity index (χ3n) is 2.90. The molecule has 1 unspecified atom stereocenters. The fraction of sp³-hybridized carbons (Fsp3) is 0.385. The molecule has 1 atom stereocenters. The molecule has 0 saturated carbocycles. The van der Waals surface area contributed by atoms with Crippen molar-refractivity contribution < 1.29 is 0 Å². The first-order valence-electron chi connectivity index (χ1n) is 6.16. The average Bonchev–Trinajstić information content (AvgIpc) is 2.78. The number of nitrogens with two attached hydrogens (primary N) is 1. The lowest BCUT2D eigenvalue weighted by atomic mass is 10.1. The van der Waals surface area contributed by atoms with Gasteiger partial charge in [-0.1, -0.05) is 22.9 Å². The Hall–Kier alpha value is -0.850. The van der Waals surface area contributed by atoms with Crippen LogP contribution in [0.5, 0.6) is 0 Å². The Labute approximate surface area is 125 Å². The van der Waals surface area contributed by atoms with Crippen LogP contribution in [-0.2, 0) is 13.5 Å². The Morgan fingerprint density at radius 1 is 1.47 bits per heavy atom. The Morgan fingerprint density at radius 3 is 2.89 bits per heavy atom. The molecule has 1 aromatic heterocycles. The summed E-state index contributed by atoms with van der Waals surface area (Å²) < 4.78 is 2.85. The molecule has 0 radical (unpaired) electrons. The molecule has 2 rings (SSSR count). The quantitative estimate of drug-likeness (QED) is 0.908. The summed E-state index contributed by atoms with van der Waals surface area (Å²) in [5.74, 6) is 0. The maximum atomic E-state index is 6.07. The lowest BCUT2D eigenvalue weighted by Crippen LogP contribution is -2.21. The molecule has 0 aliphatic carbocycles. The first-order valence-corrected chi connectivity index (χ1v) is 7.77. The van der Waals surface area contributed by atoms with Gasteiger partial charge in [0.25, 0.3) is 0 Å². The van der Waals surface area contributed by atoms with Gasteiger partial charge in [0, 0.05) is 22.5 Å². The van der Waals surface area contributed by atoms with Crippen molar-refractivity contribution in [2.45, 2.75) is 35.9 Å². The molecule has 0 spiro atoms. The van der Waals surface area contributed by atoms with Crippen LogP contribution in [0.25, 0.3) is 0 Å². The van der Waals surface area contributed by atoms with Gasteiger partial charge in [0.15, 0.2) is 5.16 Å². The number of nitrogens with zero attached hydrogens (tertiary/aromatic N) is 3. The van der Waals surface area contributed by atoms with Crippen molar-refractivity contribution in [3.63, 3.8) is 0 Å². The molecule has 2 aromatic rings. The molecule has 1 aromatic carbocycles. The lowest BCUT2D eigenvalue weighted by Gasteiger charge is -2.13. The molecule has 4 nitrogen and oxygen atoms in total. The summed E-state index contributed by atoms with van der Waals surface area (Å²) in [7, 11) is 1.89. The molecule has 0 saturated heterocycles. The SMILES string of the molecule is CCC(N)Cc1cc(Br)ccc1Sc1ncnn1C. The predicted octanol–water partition coefficient (Wildman–Crippen LogP) is 3.01. The summed E-state index contributed by atoms with van der Waals surface area (Å²) in [5, 5.41) is 4.97. The van der Waals surface area contributed by atoms with Crippen LogP contribution in [0.15, 0.2) is 39.1 Å². The number of hydrogen-bond donors (Lipinski definition) is 1. The van der Waals surface area contributed by atoms with E-state index in [0.717, 1.165) is 22.5 Å². The molecule has 0 amide bonds. The summed E-state index contributed by atoms with van der Waals surface area (Å²) >= 11 is 5.14. The third-order valence-corrected chi connectivity index (χ3v) is 4.56. The molecule has 0 fully saturated rings. The number of aryl methyl sites for hydroxylation is 1. The molecule has 102 valence electrons. The van der Waals surface area contributed by atoms with E-state index in [1.54, 1.807) is 22.8 Å². The van der Waals surface area contributed by atoms with Gasteiger partial charge in [0.1, 0.15) is 6.33 Å². The number of benzene rings is 1. The second kappa shape index (κ2) is 6.54.